The molecule has 1 aromatic carbocycles. The van der Waals surface area contributed by atoms with Crippen molar-refractivity contribution in [3.05, 3.63) is 45.5 Å². The lowest BCUT2D eigenvalue weighted by atomic mass is 9.77. The van der Waals surface area contributed by atoms with E-state index in [-0.39, 0.29) is 0 Å². The predicted octanol–water partition coefficient (Wildman–Crippen LogP) is 3.35. The fourth-order valence-electron chi connectivity index (χ4n) is 2.46. The first-order valence-corrected chi connectivity index (χ1v) is 7.03. The standard InChI is InChI=1S/C15H13ClN2O2S/c1-8-12(15(19)20-2)13(11(7-17)14(21)18-8)9-4-3-5-10(16)6-9/h3-6,12-13,21H,1-2H3/t12?,13-/m0/s1. The monoisotopic (exact) mass is 320 g/mol. The molecular weight excluding hydrogens is 308 g/mol. The second-order valence-corrected chi connectivity index (χ2v) is 5.50. The van der Waals surface area contributed by atoms with Crippen LogP contribution in [0.2, 0.25) is 5.02 Å². The molecular formula is C15H13ClN2O2S. The van der Waals surface area contributed by atoms with Gasteiger partial charge in [0.15, 0.2) is 0 Å². The average Bonchev–Trinajstić information content (AvgIpc) is 2.45. The first kappa shape index (κ1) is 15.6. The topological polar surface area (TPSA) is 62.4 Å². The van der Waals surface area contributed by atoms with Crippen LogP contribution in [0.3, 0.4) is 0 Å². The molecule has 108 valence electrons. The SMILES string of the molecule is COC(=O)C1C(C)=NC(S)=C(C#N)[C@@H]1c1cccc(Cl)c1. The van der Waals surface area contributed by atoms with Gasteiger partial charge in [-0.1, -0.05) is 23.7 Å². The summed E-state index contributed by atoms with van der Waals surface area (Å²) in [5.74, 6) is -1.58. The van der Waals surface area contributed by atoms with E-state index >= 15 is 0 Å². The number of carbonyl (C=O) groups is 1. The highest BCUT2D eigenvalue weighted by Gasteiger charge is 2.39. The number of hydrogen-bond acceptors (Lipinski definition) is 5. The van der Waals surface area contributed by atoms with Crippen molar-refractivity contribution in [3.63, 3.8) is 0 Å². The first-order chi connectivity index (χ1) is 9.99. The second kappa shape index (κ2) is 6.33. The van der Waals surface area contributed by atoms with Gasteiger partial charge in [-0.2, -0.15) is 5.26 Å². The lowest BCUT2D eigenvalue weighted by Crippen LogP contribution is -2.33. The quantitative estimate of drug-likeness (QED) is 0.671. The number of rotatable bonds is 2. The summed E-state index contributed by atoms with van der Waals surface area (Å²) in [6.07, 6.45) is 0. The summed E-state index contributed by atoms with van der Waals surface area (Å²) in [6.45, 7) is 1.73. The van der Waals surface area contributed by atoms with E-state index in [0.29, 0.717) is 21.3 Å². The van der Waals surface area contributed by atoms with Gasteiger partial charge in [0.2, 0.25) is 0 Å². The number of nitrogens with zero attached hydrogens (tertiary/aromatic N) is 2. The molecule has 0 spiro atoms. The number of aliphatic imine (C=N–C) groups is 1. The highest BCUT2D eigenvalue weighted by molar-refractivity contribution is 7.84. The summed E-state index contributed by atoms with van der Waals surface area (Å²) >= 11 is 10.3. The molecule has 0 amide bonds. The van der Waals surface area contributed by atoms with Gasteiger partial charge >= 0.3 is 5.97 Å². The Morgan fingerprint density at radius 2 is 2.24 bits per heavy atom. The van der Waals surface area contributed by atoms with Crippen molar-refractivity contribution in [2.24, 2.45) is 10.9 Å². The Bertz CT molecular complexity index is 691. The molecule has 21 heavy (non-hydrogen) atoms. The molecule has 0 aromatic heterocycles. The van der Waals surface area contributed by atoms with E-state index in [4.69, 9.17) is 16.3 Å². The maximum atomic E-state index is 12.1. The normalized spacial score (nSPS) is 21.6. The maximum absolute atomic E-state index is 12.1. The summed E-state index contributed by atoms with van der Waals surface area (Å²) in [5, 5.41) is 10.3. The third kappa shape index (κ3) is 2.97. The number of methoxy groups -OCH3 is 1. The van der Waals surface area contributed by atoms with Crippen molar-refractivity contribution >= 4 is 35.9 Å². The number of benzene rings is 1. The van der Waals surface area contributed by atoms with E-state index < -0.39 is 17.8 Å². The number of esters is 1. The number of allylic oxidation sites excluding steroid dienone is 1. The summed E-state index contributed by atoms with van der Waals surface area (Å²) in [7, 11) is 1.32. The molecule has 1 aliphatic rings. The van der Waals surface area contributed by atoms with E-state index in [1.807, 2.05) is 6.07 Å². The van der Waals surface area contributed by atoms with Crippen molar-refractivity contribution in [2.45, 2.75) is 12.8 Å². The summed E-state index contributed by atoms with van der Waals surface area (Å²) in [6, 6.07) is 9.17. The molecule has 6 heteroatoms. The van der Waals surface area contributed by atoms with Gasteiger partial charge in [0.25, 0.3) is 0 Å². The van der Waals surface area contributed by atoms with Crippen LogP contribution in [-0.2, 0) is 9.53 Å². The number of ether oxygens (including phenoxy) is 1. The van der Waals surface area contributed by atoms with Crippen LogP contribution in [0.5, 0.6) is 0 Å². The molecule has 0 saturated heterocycles. The Morgan fingerprint density at radius 3 is 2.81 bits per heavy atom. The molecule has 0 radical (unpaired) electrons. The molecule has 4 nitrogen and oxygen atoms in total. The highest BCUT2D eigenvalue weighted by Crippen LogP contribution is 2.40. The number of halogens is 1. The molecule has 2 atom stereocenters. The number of nitriles is 1. The lowest BCUT2D eigenvalue weighted by molar-refractivity contribution is -0.143. The van der Waals surface area contributed by atoms with Crippen LogP contribution in [0.4, 0.5) is 0 Å². The summed E-state index contributed by atoms with van der Waals surface area (Å²) < 4.78 is 4.86. The third-order valence-electron chi connectivity index (χ3n) is 3.40. The molecule has 0 bridgehead atoms. The molecule has 0 N–H and O–H groups in total. The zero-order valence-corrected chi connectivity index (χ0v) is 13.2. The van der Waals surface area contributed by atoms with Crippen molar-refractivity contribution in [3.8, 4) is 6.07 Å². The van der Waals surface area contributed by atoms with Crippen LogP contribution >= 0.6 is 24.2 Å². The Labute approximate surface area is 133 Å². The Morgan fingerprint density at radius 1 is 1.52 bits per heavy atom. The Hall–Kier alpha value is -1.77. The van der Waals surface area contributed by atoms with Crippen LogP contribution < -0.4 is 0 Å². The minimum absolute atomic E-state index is 0.320. The highest BCUT2D eigenvalue weighted by atomic mass is 35.5. The number of hydrogen-bond donors (Lipinski definition) is 1. The third-order valence-corrected chi connectivity index (χ3v) is 3.98. The van der Waals surface area contributed by atoms with Crippen LogP contribution in [0.15, 0.2) is 39.9 Å². The maximum Gasteiger partial charge on any atom is 0.315 e. The van der Waals surface area contributed by atoms with E-state index in [1.165, 1.54) is 7.11 Å². The molecule has 1 aromatic rings. The molecule has 1 aliphatic heterocycles. The summed E-state index contributed by atoms with van der Waals surface area (Å²) in [5.41, 5.74) is 1.66. The molecule has 0 fully saturated rings. The van der Waals surface area contributed by atoms with E-state index in [1.54, 1.807) is 25.1 Å². The fraction of sp³-hybridized carbons (Fsp3) is 0.267. The van der Waals surface area contributed by atoms with Gasteiger partial charge in [-0.15, -0.1) is 12.6 Å². The van der Waals surface area contributed by atoms with Gasteiger partial charge in [0.05, 0.1) is 18.8 Å². The zero-order valence-electron chi connectivity index (χ0n) is 11.5. The average molecular weight is 321 g/mol. The molecule has 1 heterocycles. The molecule has 0 aliphatic carbocycles. The van der Waals surface area contributed by atoms with Crippen molar-refractivity contribution in [2.75, 3.05) is 7.11 Å². The number of thiol groups is 1. The number of carbonyl (C=O) groups excluding carboxylic acids is 1. The molecule has 2 rings (SSSR count). The van der Waals surface area contributed by atoms with Crippen LogP contribution in [0.25, 0.3) is 0 Å². The lowest BCUT2D eigenvalue weighted by Gasteiger charge is -2.29. The van der Waals surface area contributed by atoms with Crippen molar-refractivity contribution < 1.29 is 9.53 Å². The smallest absolute Gasteiger partial charge is 0.315 e. The van der Waals surface area contributed by atoms with Crippen LogP contribution in [0.1, 0.15) is 18.4 Å². The molecule has 0 saturated carbocycles. The van der Waals surface area contributed by atoms with E-state index in [0.717, 1.165) is 5.56 Å². The van der Waals surface area contributed by atoms with Crippen molar-refractivity contribution in [1.82, 2.24) is 0 Å². The van der Waals surface area contributed by atoms with Gasteiger partial charge in [0, 0.05) is 16.7 Å². The second-order valence-electron chi connectivity index (χ2n) is 4.64. The van der Waals surface area contributed by atoms with Gasteiger partial charge < -0.3 is 4.74 Å². The van der Waals surface area contributed by atoms with Crippen LogP contribution in [0, 0.1) is 17.2 Å². The Kier molecular flexibility index (Phi) is 4.71. The molecule has 1 unspecified atom stereocenters. The largest absolute Gasteiger partial charge is 0.468 e. The Balaban J connectivity index is 2.63. The van der Waals surface area contributed by atoms with Crippen molar-refractivity contribution in [1.29, 1.82) is 5.26 Å². The van der Waals surface area contributed by atoms with Gasteiger partial charge in [-0.3, -0.25) is 4.79 Å². The fourth-order valence-corrected chi connectivity index (χ4v) is 3.00. The van der Waals surface area contributed by atoms with E-state index in [9.17, 15) is 10.1 Å². The van der Waals surface area contributed by atoms with Gasteiger partial charge in [0.1, 0.15) is 10.9 Å². The summed E-state index contributed by atoms with van der Waals surface area (Å²) in [4.78, 5) is 16.3. The van der Waals surface area contributed by atoms with Gasteiger partial charge in [-0.05, 0) is 24.6 Å². The first-order valence-electron chi connectivity index (χ1n) is 6.21. The minimum Gasteiger partial charge on any atom is -0.468 e. The van der Waals surface area contributed by atoms with E-state index in [2.05, 4.69) is 23.7 Å². The van der Waals surface area contributed by atoms with Crippen LogP contribution in [-0.4, -0.2) is 18.8 Å². The van der Waals surface area contributed by atoms with Gasteiger partial charge in [-0.25, -0.2) is 4.99 Å². The zero-order chi connectivity index (χ0) is 15.6. The minimum atomic E-state index is -0.654. The predicted molar refractivity (Wildman–Crippen MR) is 84.4 cm³/mol.